The standard InChI is InChI=1S/C59H38N4/c1-4-17-39(18-5-1)50-37-52(40-19-6-2-7-20-40)60-58-51(36-44-23-10-11-26-47(44)57(50)58)43-24-16-25-45(35-43)54-38-53(61-59(62-54)42-21-8-3-9-22-42)41-31-33-46(34-32-41)63-55-29-14-12-27-48(55)49-28-13-15-30-56(49)63/h1-38H. The number of hydrogen-bond acceptors (Lipinski definition) is 3. The summed E-state index contributed by atoms with van der Waals surface area (Å²) in [7, 11) is 0. The van der Waals surface area contributed by atoms with Crippen LogP contribution >= 0.6 is 0 Å². The fourth-order valence-corrected chi connectivity index (χ4v) is 9.20. The highest BCUT2D eigenvalue weighted by molar-refractivity contribution is 6.18. The Bertz CT molecular complexity index is 3600. The van der Waals surface area contributed by atoms with Gasteiger partial charge in [0.1, 0.15) is 0 Å². The predicted molar refractivity (Wildman–Crippen MR) is 262 cm³/mol. The van der Waals surface area contributed by atoms with Crippen LogP contribution < -0.4 is 0 Å². The van der Waals surface area contributed by atoms with Crippen molar-refractivity contribution in [2.75, 3.05) is 0 Å². The highest BCUT2D eigenvalue weighted by atomic mass is 15.0. The van der Waals surface area contributed by atoms with E-state index in [1.165, 1.54) is 27.2 Å². The van der Waals surface area contributed by atoms with Gasteiger partial charge in [-0.2, -0.15) is 0 Å². The molecule has 0 fully saturated rings. The van der Waals surface area contributed by atoms with Crippen molar-refractivity contribution in [2.24, 2.45) is 0 Å². The summed E-state index contributed by atoms with van der Waals surface area (Å²) >= 11 is 0. The van der Waals surface area contributed by atoms with Crippen LogP contribution in [0.2, 0.25) is 0 Å². The Balaban J connectivity index is 1.03. The van der Waals surface area contributed by atoms with Gasteiger partial charge in [-0.25, -0.2) is 15.0 Å². The molecular formula is C59H38N4. The Morgan fingerprint density at radius 3 is 1.49 bits per heavy atom. The maximum absolute atomic E-state index is 5.50. The van der Waals surface area contributed by atoms with Crippen LogP contribution in [0.5, 0.6) is 0 Å². The second-order valence-corrected chi connectivity index (χ2v) is 16.0. The molecule has 0 aliphatic rings. The van der Waals surface area contributed by atoms with E-state index in [1.54, 1.807) is 0 Å². The average molecular weight is 803 g/mol. The zero-order chi connectivity index (χ0) is 41.7. The van der Waals surface area contributed by atoms with Crippen LogP contribution in [0, 0.1) is 0 Å². The van der Waals surface area contributed by atoms with Crippen LogP contribution in [-0.4, -0.2) is 19.5 Å². The Morgan fingerprint density at radius 2 is 0.810 bits per heavy atom. The van der Waals surface area contributed by atoms with Gasteiger partial charge < -0.3 is 4.57 Å². The van der Waals surface area contributed by atoms with Gasteiger partial charge in [0.25, 0.3) is 0 Å². The highest BCUT2D eigenvalue weighted by Gasteiger charge is 2.19. The molecule has 0 radical (unpaired) electrons. The molecule has 9 aromatic carbocycles. The van der Waals surface area contributed by atoms with Gasteiger partial charge in [0.15, 0.2) is 5.82 Å². The maximum atomic E-state index is 5.50. The third-order valence-electron chi connectivity index (χ3n) is 12.2. The van der Waals surface area contributed by atoms with Crippen LogP contribution in [0.3, 0.4) is 0 Å². The van der Waals surface area contributed by atoms with E-state index in [4.69, 9.17) is 15.0 Å². The molecule has 0 spiro atoms. The van der Waals surface area contributed by atoms with E-state index in [9.17, 15) is 0 Å². The van der Waals surface area contributed by atoms with Crippen LogP contribution in [0.15, 0.2) is 231 Å². The Morgan fingerprint density at radius 1 is 0.302 bits per heavy atom. The lowest BCUT2D eigenvalue weighted by atomic mass is 9.90. The van der Waals surface area contributed by atoms with E-state index >= 15 is 0 Å². The van der Waals surface area contributed by atoms with Gasteiger partial charge in [-0.15, -0.1) is 0 Å². The lowest BCUT2D eigenvalue weighted by Gasteiger charge is -2.17. The van der Waals surface area contributed by atoms with Crippen molar-refractivity contribution in [2.45, 2.75) is 0 Å². The number of para-hydroxylation sites is 2. The van der Waals surface area contributed by atoms with Crippen molar-refractivity contribution in [3.8, 4) is 73.1 Å². The Kier molecular flexibility index (Phi) is 8.79. The van der Waals surface area contributed by atoms with E-state index in [0.717, 1.165) is 83.6 Å². The van der Waals surface area contributed by atoms with Gasteiger partial charge in [0.05, 0.1) is 33.6 Å². The molecule has 294 valence electrons. The van der Waals surface area contributed by atoms with E-state index in [2.05, 4.69) is 217 Å². The fraction of sp³-hybridized carbons (Fsp3) is 0. The number of rotatable bonds is 7. The highest BCUT2D eigenvalue weighted by Crippen LogP contribution is 2.42. The second kappa shape index (κ2) is 15.2. The summed E-state index contributed by atoms with van der Waals surface area (Å²) in [5.74, 6) is 0.679. The largest absolute Gasteiger partial charge is 0.309 e. The van der Waals surface area contributed by atoms with Gasteiger partial charge >= 0.3 is 0 Å². The number of fused-ring (bicyclic) bond motifs is 6. The molecule has 0 unspecified atom stereocenters. The summed E-state index contributed by atoms with van der Waals surface area (Å²) in [5, 5.41) is 5.97. The normalized spacial score (nSPS) is 11.5. The molecule has 0 saturated carbocycles. The van der Waals surface area contributed by atoms with Crippen molar-refractivity contribution in [3.63, 3.8) is 0 Å². The molecule has 3 heterocycles. The average Bonchev–Trinajstić information content (AvgIpc) is 3.71. The molecule has 0 atom stereocenters. The van der Waals surface area contributed by atoms with E-state index in [1.807, 2.05) is 18.2 Å². The van der Waals surface area contributed by atoms with Crippen molar-refractivity contribution in [1.82, 2.24) is 19.5 Å². The van der Waals surface area contributed by atoms with Crippen LogP contribution in [0.1, 0.15) is 0 Å². The number of aromatic nitrogens is 4. The third-order valence-corrected chi connectivity index (χ3v) is 12.2. The quantitative estimate of drug-likeness (QED) is 0.151. The summed E-state index contributed by atoms with van der Waals surface area (Å²) in [5.41, 5.74) is 15.6. The fourth-order valence-electron chi connectivity index (χ4n) is 9.20. The van der Waals surface area contributed by atoms with Gasteiger partial charge in [-0.1, -0.05) is 182 Å². The van der Waals surface area contributed by atoms with Crippen molar-refractivity contribution < 1.29 is 0 Å². The molecule has 0 amide bonds. The Labute approximate surface area is 365 Å². The zero-order valence-corrected chi connectivity index (χ0v) is 34.2. The molecule has 63 heavy (non-hydrogen) atoms. The minimum Gasteiger partial charge on any atom is -0.309 e. The topological polar surface area (TPSA) is 43.6 Å². The first-order valence-electron chi connectivity index (χ1n) is 21.4. The van der Waals surface area contributed by atoms with E-state index in [-0.39, 0.29) is 0 Å². The van der Waals surface area contributed by atoms with Gasteiger partial charge in [-0.3, -0.25) is 0 Å². The monoisotopic (exact) mass is 802 g/mol. The van der Waals surface area contributed by atoms with Crippen molar-refractivity contribution >= 4 is 43.5 Å². The molecule has 12 aromatic rings. The number of benzene rings is 9. The lowest BCUT2D eigenvalue weighted by Crippen LogP contribution is -1.97. The molecule has 4 nitrogen and oxygen atoms in total. The minimum atomic E-state index is 0.679. The van der Waals surface area contributed by atoms with Crippen LogP contribution in [-0.2, 0) is 0 Å². The molecule has 4 heteroatoms. The smallest absolute Gasteiger partial charge is 0.160 e. The van der Waals surface area contributed by atoms with Gasteiger partial charge in [0, 0.05) is 49.7 Å². The summed E-state index contributed by atoms with van der Waals surface area (Å²) in [6.07, 6.45) is 0. The molecular weight excluding hydrogens is 765 g/mol. The zero-order valence-electron chi connectivity index (χ0n) is 34.2. The molecule has 0 N–H and O–H groups in total. The molecule has 3 aromatic heterocycles. The van der Waals surface area contributed by atoms with E-state index in [0.29, 0.717) is 5.82 Å². The van der Waals surface area contributed by atoms with E-state index < -0.39 is 0 Å². The maximum Gasteiger partial charge on any atom is 0.160 e. The minimum absolute atomic E-state index is 0.679. The summed E-state index contributed by atoms with van der Waals surface area (Å²) in [4.78, 5) is 15.9. The van der Waals surface area contributed by atoms with Crippen molar-refractivity contribution in [1.29, 1.82) is 0 Å². The third kappa shape index (κ3) is 6.44. The first kappa shape index (κ1) is 36.4. The molecule has 12 rings (SSSR count). The predicted octanol–water partition coefficient (Wildman–Crippen LogP) is 15.3. The molecule has 0 aliphatic heterocycles. The van der Waals surface area contributed by atoms with Crippen LogP contribution in [0.4, 0.5) is 0 Å². The summed E-state index contributed by atoms with van der Waals surface area (Å²) < 4.78 is 2.34. The number of nitrogens with zero attached hydrogens (tertiary/aromatic N) is 4. The first-order chi connectivity index (χ1) is 31.2. The lowest BCUT2D eigenvalue weighted by molar-refractivity contribution is 1.17. The number of hydrogen-bond donors (Lipinski definition) is 0. The second-order valence-electron chi connectivity index (χ2n) is 16.0. The summed E-state index contributed by atoms with van der Waals surface area (Å²) in [6, 6.07) is 81.5. The van der Waals surface area contributed by atoms with Crippen LogP contribution in [0.25, 0.3) is 117 Å². The van der Waals surface area contributed by atoms with Gasteiger partial charge in [0.2, 0.25) is 0 Å². The number of pyridine rings is 1. The molecule has 0 bridgehead atoms. The first-order valence-corrected chi connectivity index (χ1v) is 21.4. The molecule has 0 aliphatic carbocycles. The molecule has 0 saturated heterocycles. The Hall–Kier alpha value is -8.47. The summed E-state index contributed by atoms with van der Waals surface area (Å²) in [6.45, 7) is 0. The van der Waals surface area contributed by atoms with Crippen molar-refractivity contribution in [3.05, 3.63) is 231 Å². The van der Waals surface area contributed by atoms with Gasteiger partial charge in [-0.05, 0) is 76.0 Å². The SMILES string of the molecule is c1ccc(-c2cc(-c3ccccc3)c3c(n2)c(-c2cccc(-c4cc(-c5ccc(-n6c7ccccc7c7ccccc76)cc5)nc(-c5ccccc5)n4)c2)cc2ccccc23)cc1.